The summed E-state index contributed by atoms with van der Waals surface area (Å²) in [5.41, 5.74) is -0.182. The van der Waals surface area contributed by atoms with Crippen LogP contribution in [-0.4, -0.2) is 50.4 Å². The Morgan fingerprint density at radius 2 is 1.61 bits per heavy atom. The standard InChI is InChI=1S/C15H22N2O5S/c1-4-6-17(7-5-2)14(18)11-8-12(15(19)20)10-13(9-11)23(21,22)16-3/h8-10,16H,4-7H2,1-3H3,(H,19,20). The molecule has 0 fully saturated rings. The van der Waals surface area contributed by atoms with Gasteiger partial charge in [0.1, 0.15) is 0 Å². The summed E-state index contributed by atoms with van der Waals surface area (Å²) in [5, 5.41) is 9.16. The summed E-state index contributed by atoms with van der Waals surface area (Å²) in [7, 11) is -2.62. The SMILES string of the molecule is CCCN(CCC)C(=O)c1cc(C(=O)O)cc(S(=O)(=O)NC)c1. The number of carbonyl (C=O) groups is 2. The molecule has 1 aromatic carbocycles. The zero-order valence-corrected chi connectivity index (χ0v) is 14.3. The van der Waals surface area contributed by atoms with Gasteiger partial charge in [-0.05, 0) is 38.1 Å². The Kier molecular flexibility index (Phi) is 6.71. The lowest BCUT2D eigenvalue weighted by atomic mass is 10.1. The first kappa shape index (κ1) is 19.1. The van der Waals surface area contributed by atoms with E-state index in [1.54, 1.807) is 4.90 Å². The summed E-state index contributed by atoms with van der Waals surface area (Å²) >= 11 is 0. The average Bonchev–Trinajstić information content (AvgIpc) is 2.53. The average molecular weight is 342 g/mol. The van der Waals surface area contributed by atoms with E-state index >= 15 is 0 Å². The Morgan fingerprint density at radius 3 is 2.04 bits per heavy atom. The lowest BCUT2D eigenvalue weighted by molar-refractivity contribution is 0.0696. The van der Waals surface area contributed by atoms with Gasteiger partial charge in [-0.1, -0.05) is 13.8 Å². The topological polar surface area (TPSA) is 104 Å². The van der Waals surface area contributed by atoms with Crippen molar-refractivity contribution >= 4 is 21.9 Å². The molecule has 1 amide bonds. The summed E-state index contributed by atoms with van der Waals surface area (Å²) in [4.78, 5) is 25.2. The molecule has 0 unspecified atom stereocenters. The molecule has 0 atom stereocenters. The van der Waals surface area contributed by atoms with Gasteiger partial charge in [0.05, 0.1) is 10.5 Å². The number of hydrogen-bond acceptors (Lipinski definition) is 4. The molecule has 0 bridgehead atoms. The maximum atomic E-state index is 12.6. The van der Waals surface area contributed by atoms with Crippen LogP contribution >= 0.6 is 0 Å². The minimum atomic E-state index is -3.84. The molecule has 0 aliphatic rings. The zero-order valence-electron chi connectivity index (χ0n) is 13.5. The molecule has 0 spiro atoms. The van der Waals surface area contributed by atoms with Crippen molar-refractivity contribution in [2.24, 2.45) is 0 Å². The van der Waals surface area contributed by atoms with Crippen LogP contribution in [0.3, 0.4) is 0 Å². The number of rotatable bonds is 8. The molecular weight excluding hydrogens is 320 g/mol. The Hall–Kier alpha value is -1.93. The molecule has 1 rings (SSSR count). The molecule has 0 heterocycles. The van der Waals surface area contributed by atoms with Gasteiger partial charge in [0, 0.05) is 18.7 Å². The van der Waals surface area contributed by atoms with Gasteiger partial charge in [0.15, 0.2) is 0 Å². The summed E-state index contributed by atoms with van der Waals surface area (Å²) in [6.07, 6.45) is 1.51. The number of carboxylic acid groups (broad SMARTS) is 1. The summed E-state index contributed by atoms with van der Waals surface area (Å²) in [5.74, 6) is -1.66. The number of hydrogen-bond donors (Lipinski definition) is 2. The fourth-order valence-corrected chi connectivity index (χ4v) is 2.96. The van der Waals surface area contributed by atoms with Gasteiger partial charge >= 0.3 is 5.97 Å². The van der Waals surface area contributed by atoms with Crippen LogP contribution in [0, 0.1) is 0 Å². The molecule has 8 heteroatoms. The molecule has 0 aliphatic carbocycles. The lowest BCUT2D eigenvalue weighted by Crippen LogP contribution is -2.33. The molecular formula is C15H22N2O5S. The Balaban J connectivity index is 3.39. The first-order chi connectivity index (χ1) is 10.8. The number of amides is 1. The third kappa shape index (κ3) is 4.77. The normalized spacial score (nSPS) is 11.3. The van der Waals surface area contributed by atoms with Gasteiger partial charge in [-0.15, -0.1) is 0 Å². The quantitative estimate of drug-likeness (QED) is 0.746. The maximum absolute atomic E-state index is 12.6. The number of sulfonamides is 1. The Bertz CT molecular complexity index is 679. The van der Waals surface area contributed by atoms with Crippen molar-refractivity contribution in [3.05, 3.63) is 29.3 Å². The predicted molar refractivity (Wildman–Crippen MR) is 86.1 cm³/mol. The summed E-state index contributed by atoms with van der Waals surface area (Å²) in [6, 6.07) is 3.45. The van der Waals surface area contributed by atoms with E-state index in [-0.39, 0.29) is 21.9 Å². The van der Waals surface area contributed by atoms with Crippen LogP contribution in [-0.2, 0) is 10.0 Å². The van der Waals surface area contributed by atoms with Crippen LogP contribution in [0.2, 0.25) is 0 Å². The highest BCUT2D eigenvalue weighted by Crippen LogP contribution is 2.17. The van der Waals surface area contributed by atoms with E-state index in [4.69, 9.17) is 5.11 Å². The Morgan fingerprint density at radius 1 is 1.09 bits per heavy atom. The number of carbonyl (C=O) groups excluding carboxylic acids is 1. The molecule has 0 aliphatic heterocycles. The van der Waals surface area contributed by atoms with Gasteiger partial charge in [-0.25, -0.2) is 17.9 Å². The molecule has 0 saturated carbocycles. The molecule has 2 N–H and O–H groups in total. The van der Waals surface area contributed by atoms with E-state index in [9.17, 15) is 18.0 Å². The van der Waals surface area contributed by atoms with E-state index < -0.39 is 16.0 Å². The van der Waals surface area contributed by atoms with Crippen molar-refractivity contribution in [2.75, 3.05) is 20.1 Å². The van der Waals surface area contributed by atoms with Crippen LogP contribution < -0.4 is 4.72 Å². The highest BCUT2D eigenvalue weighted by molar-refractivity contribution is 7.89. The van der Waals surface area contributed by atoms with Crippen molar-refractivity contribution in [1.29, 1.82) is 0 Å². The molecule has 23 heavy (non-hydrogen) atoms. The number of nitrogens with one attached hydrogen (secondary N) is 1. The highest BCUT2D eigenvalue weighted by Gasteiger charge is 2.21. The molecule has 7 nitrogen and oxygen atoms in total. The molecule has 0 saturated heterocycles. The van der Waals surface area contributed by atoms with Gasteiger partial charge in [0.2, 0.25) is 10.0 Å². The number of benzene rings is 1. The zero-order chi connectivity index (χ0) is 17.6. The maximum Gasteiger partial charge on any atom is 0.335 e. The van der Waals surface area contributed by atoms with Crippen LogP contribution in [0.25, 0.3) is 0 Å². The first-order valence-electron chi connectivity index (χ1n) is 7.38. The van der Waals surface area contributed by atoms with Crippen molar-refractivity contribution in [3.8, 4) is 0 Å². The minimum Gasteiger partial charge on any atom is -0.478 e. The summed E-state index contributed by atoms with van der Waals surface area (Å²) < 4.78 is 26.0. The third-order valence-electron chi connectivity index (χ3n) is 3.25. The third-order valence-corrected chi connectivity index (χ3v) is 4.65. The molecule has 0 aromatic heterocycles. The second-order valence-corrected chi connectivity index (χ2v) is 6.94. The number of carboxylic acids is 1. The van der Waals surface area contributed by atoms with Crippen LogP contribution in [0.4, 0.5) is 0 Å². The minimum absolute atomic E-state index is 0.0561. The summed E-state index contributed by atoms with van der Waals surface area (Å²) in [6.45, 7) is 4.91. The lowest BCUT2D eigenvalue weighted by Gasteiger charge is -2.22. The van der Waals surface area contributed by atoms with Crippen LogP contribution in [0.1, 0.15) is 47.4 Å². The van der Waals surface area contributed by atoms with E-state index in [0.29, 0.717) is 13.1 Å². The monoisotopic (exact) mass is 342 g/mol. The molecule has 0 radical (unpaired) electrons. The van der Waals surface area contributed by atoms with Crippen LogP contribution in [0.5, 0.6) is 0 Å². The van der Waals surface area contributed by atoms with E-state index in [1.807, 2.05) is 13.8 Å². The van der Waals surface area contributed by atoms with Crippen molar-refractivity contribution in [3.63, 3.8) is 0 Å². The van der Waals surface area contributed by atoms with Gasteiger partial charge in [-0.2, -0.15) is 0 Å². The van der Waals surface area contributed by atoms with Gasteiger partial charge in [0.25, 0.3) is 5.91 Å². The van der Waals surface area contributed by atoms with E-state index in [2.05, 4.69) is 4.72 Å². The van der Waals surface area contributed by atoms with Crippen LogP contribution in [0.15, 0.2) is 23.1 Å². The van der Waals surface area contributed by atoms with Crippen molar-refractivity contribution < 1.29 is 23.1 Å². The molecule has 128 valence electrons. The highest BCUT2D eigenvalue weighted by atomic mass is 32.2. The van der Waals surface area contributed by atoms with Gasteiger partial charge in [-0.3, -0.25) is 4.79 Å². The fourth-order valence-electron chi connectivity index (χ4n) is 2.16. The largest absolute Gasteiger partial charge is 0.478 e. The van der Waals surface area contributed by atoms with E-state index in [1.165, 1.54) is 19.2 Å². The number of nitrogens with zero attached hydrogens (tertiary/aromatic N) is 1. The first-order valence-corrected chi connectivity index (χ1v) is 8.86. The van der Waals surface area contributed by atoms with Gasteiger partial charge < -0.3 is 10.0 Å². The smallest absolute Gasteiger partial charge is 0.335 e. The van der Waals surface area contributed by atoms with E-state index in [0.717, 1.165) is 18.9 Å². The predicted octanol–water partition coefficient (Wildman–Crippen LogP) is 1.56. The van der Waals surface area contributed by atoms with Crippen molar-refractivity contribution in [1.82, 2.24) is 9.62 Å². The second-order valence-electron chi connectivity index (χ2n) is 5.05. The number of aromatic carboxylic acids is 1. The van der Waals surface area contributed by atoms with Crippen molar-refractivity contribution in [2.45, 2.75) is 31.6 Å². The fraction of sp³-hybridized carbons (Fsp3) is 0.467. The molecule has 1 aromatic rings. The second kappa shape index (κ2) is 8.07. The Labute approximate surface area is 136 Å².